The number of carbonyl (C=O) groups is 1. The van der Waals surface area contributed by atoms with E-state index in [1.165, 1.54) is 6.08 Å². The van der Waals surface area contributed by atoms with E-state index in [1.807, 2.05) is 24.3 Å². The minimum absolute atomic E-state index is 0.00610. The van der Waals surface area contributed by atoms with Crippen molar-refractivity contribution in [2.75, 3.05) is 0 Å². The van der Waals surface area contributed by atoms with Crippen LogP contribution in [0.15, 0.2) is 54.6 Å². The van der Waals surface area contributed by atoms with Gasteiger partial charge in [0, 0.05) is 6.08 Å². The van der Waals surface area contributed by atoms with Crippen LogP contribution in [0.1, 0.15) is 31.9 Å². The van der Waals surface area contributed by atoms with E-state index in [1.54, 1.807) is 24.3 Å². The zero-order chi connectivity index (χ0) is 17.7. The number of hydrogen-bond acceptors (Lipinski definition) is 3. The van der Waals surface area contributed by atoms with Gasteiger partial charge in [-0.05, 0) is 40.2 Å². The summed E-state index contributed by atoms with van der Waals surface area (Å²) in [4.78, 5) is 10.5. The zero-order valence-electron chi connectivity index (χ0n) is 14.1. The molecule has 2 N–H and O–H groups in total. The summed E-state index contributed by atoms with van der Waals surface area (Å²) in [6.07, 6.45) is 2.57. The quantitative estimate of drug-likeness (QED) is 0.656. The van der Waals surface area contributed by atoms with Crippen LogP contribution in [-0.2, 0) is 10.2 Å². The topological polar surface area (TPSA) is 66.8 Å². The minimum Gasteiger partial charge on any atom is -0.532 e. The molecule has 5 heteroatoms. The first-order valence-electron chi connectivity index (χ1n) is 7.72. The van der Waals surface area contributed by atoms with Crippen molar-refractivity contribution >= 4 is 24.6 Å². The Kier molecular flexibility index (Phi) is 5.47. The Labute approximate surface area is 142 Å². The molecule has 0 aliphatic carbocycles. The van der Waals surface area contributed by atoms with Gasteiger partial charge in [0.1, 0.15) is 5.75 Å². The van der Waals surface area contributed by atoms with Crippen molar-refractivity contribution in [1.82, 2.24) is 0 Å². The SMILES string of the molecule is CC(C)(C)c1cccc(B(O)Oc2ccc(/C=C/C(=O)O)cc2)c1. The molecular formula is C19H21BO4. The first kappa shape index (κ1) is 17.8. The molecular weight excluding hydrogens is 303 g/mol. The maximum absolute atomic E-state index is 10.5. The molecule has 0 aromatic heterocycles. The number of benzene rings is 2. The maximum Gasteiger partial charge on any atom is 0.560 e. The molecule has 0 saturated carbocycles. The summed E-state index contributed by atoms with van der Waals surface area (Å²) in [6, 6.07) is 14.5. The summed E-state index contributed by atoms with van der Waals surface area (Å²) in [5.74, 6) is -0.486. The maximum atomic E-state index is 10.5. The van der Waals surface area contributed by atoms with Gasteiger partial charge in [0.15, 0.2) is 0 Å². The van der Waals surface area contributed by atoms with Gasteiger partial charge in [-0.15, -0.1) is 0 Å². The van der Waals surface area contributed by atoms with Crippen LogP contribution in [0.3, 0.4) is 0 Å². The lowest BCUT2D eigenvalue weighted by Gasteiger charge is -2.20. The molecule has 0 radical (unpaired) electrons. The highest BCUT2D eigenvalue weighted by atomic mass is 16.5. The third kappa shape index (κ3) is 5.00. The Morgan fingerprint density at radius 3 is 2.38 bits per heavy atom. The Morgan fingerprint density at radius 2 is 1.79 bits per heavy atom. The van der Waals surface area contributed by atoms with Gasteiger partial charge in [-0.25, -0.2) is 4.79 Å². The van der Waals surface area contributed by atoms with Crippen LogP contribution in [0, 0.1) is 0 Å². The highest BCUT2D eigenvalue weighted by molar-refractivity contribution is 6.60. The van der Waals surface area contributed by atoms with Gasteiger partial charge in [0.05, 0.1) is 0 Å². The van der Waals surface area contributed by atoms with E-state index in [4.69, 9.17) is 9.76 Å². The summed E-state index contributed by atoms with van der Waals surface area (Å²) < 4.78 is 5.56. The van der Waals surface area contributed by atoms with Crippen molar-refractivity contribution < 1.29 is 19.6 Å². The van der Waals surface area contributed by atoms with Gasteiger partial charge in [-0.1, -0.05) is 57.2 Å². The molecule has 4 nitrogen and oxygen atoms in total. The number of carboxylic acid groups (broad SMARTS) is 1. The zero-order valence-corrected chi connectivity index (χ0v) is 14.1. The summed E-state index contributed by atoms with van der Waals surface area (Å²) in [6.45, 7) is 6.34. The number of rotatable bonds is 5. The molecule has 0 atom stereocenters. The van der Waals surface area contributed by atoms with Crippen LogP contribution in [0.2, 0.25) is 0 Å². The summed E-state index contributed by atoms with van der Waals surface area (Å²) in [5.41, 5.74) is 2.55. The minimum atomic E-state index is -1.06. The van der Waals surface area contributed by atoms with Crippen molar-refractivity contribution in [2.45, 2.75) is 26.2 Å². The van der Waals surface area contributed by atoms with E-state index < -0.39 is 13.1 Å². The summed E-state index contributed by atoms with van der Waals surface area (Å²) in [7, 11) is -1.06. The molecule has 0 aliphatic rings. The average molecular weight is 324 g/mol. The van der Waals surface area contributed by atoms with E-state index in [9.17, 15) is 9.82 Å². The van der Waals surface area contributed by atoms with E-state index in [0.717, 1.165) is 17.2 Å². The van der Waals surface area contributed by atoms with Crippen molar-refractivity contribution in [2.24, 2.45) is 0 Å². The number of aliphatic carboxylic acids is 1. The van der Waals surface area contributed by atoms with Crippen molar-refractivity contribution in [3.8, 4) is 5.75 Å². The first-order chi connectivity index (χ1) is 11.3. The number of hydrogen-bond donors (Lipinski definition) is 2. The van der Waals surface area contributed by atoms with Gasteiger partial charge >= 0.3 is 13.1 Å². The Morgan fingerprint density at radius 1 is 1.12 bits per heavy atom. The molecule has 2 rings (SSSR count). The Bertz CT molecular complexity index is 730. The summed E-state index contributed by atoms with van der Waals surface area (Å²) in [5, 5.41) is 18.9. The normalized spacial score (nSPS) is 11.5. The molecule has 0 spiro atoms. The molecule has 2 aromatic rings. The van der Waals surface area contributed by atoms with Crippen molar-refractivity contribution in [1.29, 1.82) is 0 Å². The van der Waals surface area contributed by atoms with Gasteiger partial charge < -0.3 is 14.8 Å². The van der Waals surface area contributed by atoms with Gasteiger partial charge in [-0.3, -0.25) is 0 Å². The fraction of sp³-hybridized carbons (Fsp3) is 0.211. The van der Waals surface area contributed by atoms with Crippen molar-refractivity contribution in [3.05, 3.63) is 65.7 Å². The fourth-order valence-corrected chi connectivity index (χ4v) is 2.18. The predicted octanol–water partition coefficient (Wildman–Crippen LogP) is 2.85. The molecule has 0 aliphatic heterocycles. The largest absolute Gasteiger partial charge is 0.560 e. The van der Waals surface area contributed by atoms with Crippen LogP contribution in [0.4, 0.5) is 0 Å². The molecule has 0 bridgehead atoms. The standard InChI is InChI=1S/C19H21BO4/c1-19(2,3)15-5-4-6-16(13-15)20(23)24-17-10-7-14(8-11-17)9-12-18(21)22/h4-13,23H,1-3H3,(H,21,22)/b12-9+. The third-order valence-electron chi connectivity index (χ3n) is 3.58. The summed E-state index contributed by atoms with van der Waals surface area (Å²) >= 11 is 0. The van der Waals surface area contributed by atoms with E-state index in [2.05, 4.69) is 20.8 Å². The lowest BCUT2D eigenvalue weighted by atomic mass is 9.75. The third-order valence-corrected chi connectivity index (χ3v) is 3.58. The van der Waals surface area contributed by atoms with Gasteiger partial charge in [0.2, 0.25) is 0 Å². The van der Waals surface area contributed by atoms with Crippen LogP contribution in [0.25, 0.3) is 6.08 Å². The molecule has 0 heterocycles. The molecule has 0 amide bonds. The molecule has 24 heavy (non-hydrogen) atoms. The van der Waals surface area contributed by atoms with Crippen LogP contribution in [-0.4, -0.2) is 23.2 Å². The van der Waals surface area contributed by atoms with Crippen molar-refractivity contribution in [3.63, 3.8) is 0 Å². The van der Waals surface area contributed by atoms with Gasteiger partial charge in [0.25, 0.3) is 0 Å². The van der Waals surface area contributed by atoms with E-state index >= 15 is 0 Å². The van der Waals surface area contributed by atoms with Gasteiger partial charge in [-0.2, -0.15) is 0 Å². The molecule has 0 saturated heterocycles. The molecule has 124 valence electrons. The average Bonchev–Trinajstić information content (AvgIpc) is 2.53. The Balaban J connectivity index is 2.09. The highest BCUT2D eigenvalue weighted by Crippen LogP contribution is 2.21. The van der Waals surface area contributed by atoms with Crippen LogP contribution >= 0.6 is 0 Å². The van der Waals surface area contributed by atoms with Crippen LogP contribution < -0.4 is 10.1 Å². The second-order valence-corrected chi connectivity index (χ2v) is 6.59. The lowest BCUT2D eigenvalue weighted by Crippen LogP contribution is -2.37. The lowest BCUT2D eigenvalue weighted by molar-refractivity contribution is -0.131. The molecule has 2 aromatic carbocycles. The Hall–Kier alpha value is -2.53. The number of carboxylic acids is 1. The smallest absolute Gasteiger partial charge is 0.532 e. The van der Waals surface area contributed by atoms with E-state index in [0.29, 0.717) is 11.2 Å². The molecule has 0 fully saturated rings. The monoisotopic (exact) mass is 324 g/mol. The van der Waals surface area contributed by atoms with Crippen LogP contribution in [0.5, 0.6) is 5.75 Å². The fourth-order valence-electron chi connectivity index (χ4n) is 2.18. The molecule has 0 unspecified atom stereocenters. The second kappa shape index (κ2) is 7.36. The highest BCUT2D eigenvalue weighted by Gasteiger charge is 2.21. The predicted molar refractivity (Wildman–Crippen MR) is 96.5 cm³/mol. The second-order valence-electron chi connectivity index (χ2n) is 6.59. The first-order valence-corrected chi connectivity index (χ1v) is 7.72. The van der Waals surface area contributed by atoms with E-state index in [-0.39, 0.29) is 5.41 Å².